The first-order valence-electron chi connectivity index (χ1n) is 10.3. The van der Waals surface area contributed by atoms with Crippen molar-refractivity contribution in [3.8, 4) is 5.75 Å². The molecule has 1 aliphatic rings. The standard InChI is InChI=1S/C20H16F7N3O3.C2H6/c1-10-7-12(3-4-14(10)21)29(2)18(32)33-16-13(20(25,26)27)8-11(19(22,23)24)9-15(16)30-6-5-28-17(30)31;1-2/h3-4,7-9H,5-6H2,1-2H3,(H,28,31);1-2H3. The maximum absolute atomic E-state index is 13.7. The molecule has 2 aromatic carbocycles. The van der Waals surface area contributed by atoms with Crippen LogP contribution in [0, 0.1) is 12.7 Å². The second-order valence-electron chi connectivity index (χ2n) is 7.11. The van der Waals surface area contributed by atoms with Crippen molar-refractivity contribution >= 4 is 23.5 Å². The minimum atomic E-state index is -5.35. The van der Waals surface area contributed by atoms with E-state index in [1.54, 1.807) is 0 Å². The summed E-state index contributed by atoms with van der Waals surface area (Å²) in [4.78, 5) is 26.0. The van der Waals surface area contributed by atoms with E-state index in [1.807, 2.05) is 13.8 Å². The lowest BCUT2D eigenvalue weighted by Crippen LogP contribution is -2.33. The Morgan fingerprint density at radius 2 is 1.69 bits per heavy atom. The van der Waals surface area contributed by atoms with Crippen LogP contribution in [0.15, 0.2) is 30.3 Å². The van der Waals surface area contributed by atoms with Crippen molar-refractivity contribution in [3.63, 3.8) is 0 Å². The Balaban J connectivity index is 0.00000210. The van der Waals surface area contributed by atoms with E-state index >= 15 is 0 Å². The molecule has 1 N–H and O–H groups in total. The number of halogens is 7. The molecule has 0 radical (unpaired) electrons. The zero-order valence-electron chi connectivity index (χ0n) is 19.1. The molecule has 0 saturated carbocycles. The highest BCUT2D eigenvalue weighted by molar-refractivity contribution is 5.97. The molecule has 35 heavy (non-hydrogen) atoms. The first-order chi connectivity index (χ1) is 16.2. The van der Waals surface area contributed by atoms with Crippen LogP contribution >= 0.6 is 0 Å². The van der Waals surface area contributed by atoms with Gasteiger partial charge in [-0.25, -0.2) is 14.0 Å². The van der Waals surface area contributed by atoms with E-state index < -0.39 is 52.9 Å². The van der Waals surface area contributed by atoms with Crippen LogP contribution in [-0.4, -0.2) is 32.3 Å². The van der Waals surface area contributed by atoms with Gasteiger partial charge in [0.05, 0.1) is 11.3 Å². The van der Waals surface area contributed by atoms with Crippen molar-refractivity contribution in [3.05, 3.63) is 52.8 Å². The van der Waals surface area contributed by atoms with Crippen LogP contribution in [0.3, 0.4) is 0 Å². The van der Waals surface area contributed by atoms with Gasteiger partial charge >= 0.3 is 24.5 Å². The van der Waals surface area contributed by atoms with E-state index in [0.29, 0.717) is 11.0 Å². The number of urea groups is 1. The third-order valence-electron chi connectivity index (χ3n) is 4.84. The largest absolute Gasteiger partial charge is 0.420 e. The summed E-state index contributed by atoms with van der Waals surface area (Å²) in [5.74, 6) is -1.85. The highest BCUT2D eigenvalue weighted by Crippen LogP contribution is 2.46. The molecule has 0 aliphatic carbocycles. The summed E-state index contributed by atoms with van der Waals surface area (Å²) in [6.07, 6.45) is -11.9. The summed E-state index contributed by atoms with van der Waals surface area (Å²) in [6.45, 7) is 5.09. The van der Waals surface area contributed by atoms with Crippen molar-refractivity contribution in [1.29, 1.82) is 0 Å². The summed E-state index contributed by atoms with van der Waals surface area (Å²) < 4.78 is 99.5. The third kappa shape index (κ3) is 6.14. The molecule has 0 atom stereocenters. The highest BCUT2D eigenvalue weighted by Gasteiger charge is 2.43. The molecule has 0 unspecified atom stereocenters. The van der Waals surface area contributed by atoms with Crippen molar-refractivity contribution in [2.45, 2.75) is 33.1 Å². The van der Waals surface area contributed by atoms with E-state index in [0.717, 1.165) is 24.1 Å². The molecule has 1 saturated heterocycles. The zero-order valence-corrected chi connectivity index (χ0v) is 19.1. The van der Waals surface area contributed by atoms with Gasteiger partial charge in [-0.15, -0.1) is 0 Å². The maximum Gasteiger partial charge on any atom is 0.420 e. The maximum atomic E-state index is 13.7. The molecule has 0 spiro atoms. The first-order valence-corrected chi connectivity index (χ1v) is 10.3. The molecule has 3 rings (SSSR count). The third-order valence-corrected chi connectivity index (χ3v) is 4.84. The lowest BCUT2D eigenvalue weighted by molar-refractivity contribution is -0.143. The normalized spacial score (nSPS) is 13.7. The van der Waals surface area contributed by atoms with Gasteiger partial charge in [-0.1, -0.05) is 13.8 Å². The molecule has 192 valence electrons. The highest BCUT2D eigenvalue weighted by atomic mass is 19.4. The number of carbonyl (C=O) groups is 2. The van der Waals surface area contributed by atoms with Crippen molar-refractivity contribution in [2.75, 3.05) is 29.9 Å². The van der Waals surface area contributed by atoms with Crippen molar-refractivity contribution < 1.29 is 45.1 Å². The van der Waals surface area contributed by atoms with Crippen molar-refractivity contribution in [2.24, 2.45) is 0 Å². The molecular formula is C22H22F7N3O3. The fourth-order valence-electron chi connectivity index (χ4n) is 3.10. The Morgan fingerprint density at radius 1 is 1.06 bits per heavy atom. The molecule has 6 nitrogen and oxygen atoms in total. The van der Waals surface area contributed by atoms with E-state index in [1.165, 1.54) is 13.0 Å². The zero-order chi connectivity index (χ0) is 26.7. The van der Waals surface area contributed by atoms with E-state index in [-0.39, 0.29) is 30.4 Å². The van der Waals surface area contributed by atoms with E-state index in [4.69, 9.17) is 4.74 Å². The number of rotatable bonds is 3. The molecule has 1 fully saturated rings. The Labute approximate surface area is 196 Å². The van der Waals surface area contributed by atoms with Gasteiger partial charge in [0.15, 0.2) is 5.75 Å². The minimum Gasteiger partial charge on any atom is -0.407 e. The number of ether oxygens (including phenoxy) is 1. The van der Waals surface area contributed by atoms with E-state index in [2.05, 4.69) is 5.32 Å². The summed E-state index contributed by atoms with van der Waals surface area (Å²) in [5.41, 5.74) is -4.24. The Kier molecular flexibility index (Phi) is 8.24. The molecule has 3 amide bonds. The lowest BCUT2D eigenvalue weighted by Gasteiger charge is -2.25. The second kappa shape index (κ2) is 10.4. The number of benzene rings is 2. The van der Waals surface area contributed by atoms with Crippen LogP contribution in [0.2, 0.25) is 0 Å². The van der Waals surface area contributed by atoms with Crippen LogP contribution in [0.1, 0.15) is 30.5 Å². The average molecular weight is 509 g/mol. The Bertz CT molecular complexity index is 1100. The fraction of sp³-hybridized carbons (Fsp3) is 0.364. The molecule has 0 aromatic heterocycles. The monoisotopic (exact) mass is 509 g/mol. The summed E-state index contributed by atoms with van der Waals surface area (Å²) in [5, 5.41) is 2.26. The first kappa shape index (κ1) is 27.7. The smallest absolute Gasteiger partial charge is 0.407 e. The Morgan fingerprint density at radius 3 is 2.17 bits per heavy atom. The number of alkyl halides is 6. The number of nitrogens with one attached hydrogen (secondary N) is 1. The molecule has 1 heterocycles. The van der Waals surface area contributed by atoms with Gasteiger partial charge in [-0.2, -0.15) is 26.3 Å². The van der Waals surface area contributed by atoms with Gasteiger partial charge in [-0.3, -0.25) is 9.80 Å². The predicted molar refractivity (Wildman–Crippen MR) is 114 cm³/mol. The van der Waals surface area contributed by atoms with Gasteiger partial charge in [0, 0.05) is 25.8 Å². The fourth-order valence-corrected chi connectivity index (χ4v) is 3.10. The van der Waals surface area contributed by atoms with Gasteiger partial charge in [0.2, 0.25) is 0 Å². The topological polar surface area (TPSA) is 61.9 Å². The van der Waals surface area contributed by atoms with Gasteiger partial charge in [-0.05, 0) is 42.8 Å². The van der Waals surface area contributed by atoms with Crippen LogP contribution in [0.4, 0.5) is 51.7 Å². The average Bonchev–Trinajstić information content (AvgIpc) is 3.20. The van der Waals surface area contributed by atoms with Crippen molar-refractivity contribution in [1.82, 2.24) is 5.32 Å². The summed E-state index contributed by atoms with van der Waals surface area (Å²) in [7, 11) is 1.12. The van der Waals surface area contributed by atoms with Gasteiger partial charge in [0.1, 0.15) is 11.4 Å². The number of hydrogen-bond acceptors (Lipinski definition) is 3. The SMILES string of the molecule is CC.Cc1cc(N(C)C(=O)Oc2c(N3CCNC3=O)cc(C(F)(F)F)cc2C(F)(F)F)ccc1F. The molecule has 1 aliphatic heterocycles. The number of nitrogens with zero attached hydrogens (tertiary/aromatic N) is 2. The predicted octanol–water partition coefficient (Wildman–Crippen LogP) is 6.36. The van der Waals surface area contributed by atoms with Crippen LogP contribution in [-0.2, 0) is 12.4 Å². The van der Waals surface area contributed by atoms with Crippen LogP contribution < -0.4 is 19.9 Å². The Hall–Kier alpha value is -3.51. The van der Waals surface area contributed by atoms with Gasteiger partial charge in [0.25, 0.3) is 0 Å². The molecule has 13 heteroatoms. The number of aryl methyl sites for hydroxylation is 1. The number of carbonyl (C=O) groups excluding carboxylic acids is 2. The minimum absolute atomic E-state index is 0.0431. The van der Waals surface area contributed by atoms with E-state index in [9.17, 15) is 40.3 Å². The molecular weight excluding hydrogens is 487 g/mol. The lowest BCUT2D eigenvalue weighted by atomic mass is 10.1. The molecule has 2 aromatic rings. The second-order valence-corrected chi connectivity index (χ2v) is 7.11. The van der Waals surface area contributed by atoms with Crippen LogP contribution in [0.5, 0.6) is 5.75 Å². The number of amides is 3. The molecule has 0 bridgehead atoms. The number of hydrogen-bond donors (Lipinski definition) is 1. The summed E-state index contributed by atoms with van der Waals surface area (Å²) in [6, 6.07) is 2.57. The van der Waals surface area contributed by atoms with Crippen LogP contribution in [0.25, 0.3) is 0 Å². The quantitative estimate of drug-likeness (QED) is 0.490. The van der Waals surface area contributed by atoms with Gasteiger partial charge < -0.3 is 10.1 Å². The number of anilines is 2. The summed E-state index contributed by atoms with van der Waals surface area (Å²) >= 11 is 0.